The Labute approximate surface area is 107 Å². The van der Waals surface area contributed by atoms with Gasteiger partial charge in [0.15, 0.2) is 0 Å². The summed E-state index contributed by atoms with van der Waals surface area (Å²) in [6.45, 7) is 5.20. The Hall–Kier alpha value is -0.680. The number of hydrogen-bond acceptors (Lipinski definition) is 5. The lowest BCUT2D eigenvalue weighted by Crippen LogP contribution is -2.36. The predicted octanol–water partition coefficient (Wildman–Crippen LogP) is 2.40. The minimum atomic E-state index is 0.175. The molecule has 4 nitrogen and oxygen atoms in total. The van der Waals surface area contributed by atoms with Crippen molar-refractivity contribution in [3.8, 4) is 0 Å². The molecule has 1 aromatic heterocycles. The molecule has 2 rings (SSSR count). The van der Waals surface area contributed by atoms with Crippen LogP contribution in [0.25, 0.3) is 0 Å². The number of hydrogen-bond donors (Lipinski definition) is 1. The number of aliphatic hydroxyl groups excluding tert-OH is 1. The smallest absolute Gasteiger partial charge is 0.205 e. The van der Waals surface area contributed by atoms with Gasteiger partial charge in [0.25, 0.3) is 0 Å². The maximum absolute atomic E-state index is 9.18. The molecule has 1 aliphatic rings. The van der Waals surface area contributed by atoms with Gasteiger partial charge in [0.2, 0.25) is 5.13 Å². The first kappa shape index (κ1) is 12.8. The van der Waals surface area contributed by atoms with E-state index >= 15 is 0 Å². The minimum Gasteiger partial charge on any atom is -0.395 e. The van der Waals surface area contributed by atoms with Crippen LogP contribution in [-0.4, -0.2) is 33.7 Å². The van der Waals surface area contributed by atoms with Crippen LogP contribution in [-0.2, 0) is 0 Å². The Kier molecular flexibility index (Phi) is 4.34. The van der Waals surface area contributed by atoms with Crippen LogP contribution in [0.5, 0.6) is 0 Å². The van der Waals surface area contributed by atoms with Crippen molar-refractivity contribution >= 4 is 16.7 Å². The molecule has 0 amide bonds. The van der Waals surface area contributed by atoms with E-state index in [1.165, 1.54) is 24.4 Å². The number of aromatic nitrogens is 2. The van der Waals surface area contributed by atoms with Crippen molar-refractivity contribution in [1.29, 1.82) is 0 Å². The van der Waals surface area contributed by atoms with Crippen LogP contribution in [0.2, 0.25) is 0 Å². The molecule has 0 bridgehead atoms. The topological polar surface area (TPSA) is 49.2 Å². The van der Waals surface area contributed by atoms with Crippen LogP contribution in [0.4, 0.5) is 5.13 Å². The van der Waals surface area contributed by atoms with E-state index in [0.717, 1.165) is 23.8 Å². The Balaban J connectivity index is 2.11. The van der Waals surface area contributed by atoms with E-state index in [-0.39, 0.29) is 6.61 Å². The standard InChI is InChI=1S/C12H21N3OS/c1-3-10(4-2)15(7-8-16)12-13-11(14-17-12)9-5-6-9/h9-10,16H,3-8H2,1-2H3. The monoisotopic (exact) mass is 255 g/mol. The summed E-state index contributed by atoms with van der Waals surface area (Å²) in [5.74, 6) is 1.62. The van der Waals surface area contributed by atoms with Crippen LogP contribution in [0.15, 0.2) is 0 Å². The fourth-order valence-corrected chi connectivity index (χ4v) is 2.97. The quantitative estimate of drug-likeness (QED) is 0.813. The van der Waals surface area contributed by atoms with Crippen LogP contribution >= 0.6 is 11.5 Å². The molecule has 1 N–H and O–H groups in total. The maximum Gasteiger partial charge on any atom is 0.205 e. The Bertz CT molecular complexity index is 347. The molecule has 1 aromatic rings. The second kappa shape index (κ2) is 5.78. The predicted molar refractivity (Wildman–Crippen MR) is 70.7 cm³/mol. The Morgan fingerprint density at radius 1 is 1.41 bits per heavy atom. The summed E-state index contributed by atoms with van der Waals surface area (Å²) in [4.78, 5) is 6.84. The first-order chi connectivity index (χ1) is 8.30. The molecule has 5 heteroatoms. The molecule has 1 aliphatic carbocycles. The molecule has 0 aliphatic heterocycles. The summed E-state index contributed by atoms with van der Waals surface area (Å²) < 4.78 is 4.44. The average molecular weight is 255 g/mol. The highest BCUT2D eigenvalue weighted by atomic mass is 32.1. The SMILES string of the molecule is CCC(CC)N(CCO)c1nc(C2CC2)ns1. The van der Waals surface area contributed by atoms with Crippen molar-refractivity contribution in [2.75, 3.05) is 18.1 Å². The van der Waals surface area contributed by atoms with Gasteiger partial charge < -0.3 is 10.0 Å². The average Bonchev–Trinajstić information content (AvgIpc) is 3.08. The van der Waals surface area contributed by atoms with Gasteiger partial charge in [-0.2, -0.15) is 4.37 Å². The highest BCUT2D eigenvalue weighted by Gasteiger charge is 2.29. The summed E-state index contributed by atoms with van der Waals surface area (Å²) in [5.41, 5.74) is 0. The van der Waals surface area contributed by atoms with Crippen molar-refractivity contribution in [3.05, 3.63) is 5.82 Å². The molecular formula is C12H21N3OS. The minimum absolute atomic E-state index is 0.175. The summed E-state index contributed by atoms with van der Waals surface area (Å²) in [7, 11) is 0. The summed E-state index contributed by atoms with van der Waals surface area (Å²) in [5, 5.41) is 10.2. The third-order valence-electron chi connectivity index (χ3n) is 3.34. The van der Waals surface area contributed by atoms with Gasteiger partial charge in [-0.15, -0.1) is 0 Å². The van der Waals surface area contributed by atoms with E-state index in [1.54, 1.807) is 0 Å². The lowest BCUT2D eigenvalue weighted by molar-refractivity contribution is 0.296. The second-order valence-electron chi connectivity index (χ2n) is 4.60. The molecule has 1 heterocycles. The van der Waals surface area contributed by atoms with Crippen LogP contribution < -0.4 is 4.90 Å². The van der Waals surface area contributed by atoms with Crippen molar-refractivity contribution in [2.45, 2.75) is 51.5 Å². The lowest BCUT2D eigenvalue weighted by atomic mass is 10.1. The van der Waals surface area contributed by atoms with Crippen molar-refractivity contribution in [3.63, 3.8) is 0 Å². The molecular weight excluding hydrogens is 234 g/mol. The van der Waals surface area contributed by atoms with Gasteiger partial charge in [-0.1, -0.05) is 13.8 Å². The number of aliphatic hydroxyl groups is 1. The molecule has 1 saturated carbocycles. The molecule has 0 radical (unpaired) electrons. The van der Waals surface area contributed by atoms with Crippen molar-refractivity contribution in [2.24, 2.45) is 0 Å². The molecule has 0 aromatic carbocycles. The van der Waals surface area contributed by atoms with Gasteiger partial charge in [0.05, 0.1) is 6.61 Å². The maximum atomic E-state index is 9.18. The largest absolute Gasteiger partial charge is 0.395 e. The fourth-order valence-electron chi connectivity index (χ4n) is 2.12. The van der Waals surface area contributed by atoms with Crippen LogP contribution in [0.1, 0.15) is 51.3 Å². The van der Waals surface area contributed by atoms with Crippen LogP contribution in [0, 0.1) is 0 Å². The van der Waals surface area contributed by atoms with E-state index in [0.29, 0.717) is 18.5 Å². The van der Waals surface area contributed by atoms with E-state index in [2.05, 4.69) is 28.1 Å². The Morgan fingerprint density at radius 2 is 2.12 bits per heavy atom. The first-order valence-electron chi connectivity index (χ1n) is 6.51. The van der Waals surface area contributed by atoms with Gasteiger partial charge >= 0.3 is 0 Å². The Morgan fingerprint density at radius 3 is 2.65 bits per heavy atom. The summed E-state index contributed by atoms with van der Waals surface area (Å²) >= 11 is 1.48. The zero-order chi connectivity index (χ0) is 12.3. The number of rotatable bonds is 7. The summed E-state index contributed by atoms with van der Waals surface area (Å²) in [6.07, 6.45) is 4.63. The lowest BCUT2D eigenvalue weighted by Gasteiger charge is -2.29. The first-order valence-corrected chi connectivity index (χ1v) is 7.28. The van der Waals surface area contributed by atoms with Gasteiger partial charge in [-0.05, 0) is 25.7 Å². The third-order valence-corrected chi connectivity index (χ3v) is 4.11. The third kappa shape index (κ3) is 2.96. The summed E-state index contributed by atoms with van der Waals surface area (Å²) in [6, 6.07) is 0.460. The van der Waals surface area contributed by atoms with Gasteiger partial charge in [-0.3, -0.25) is 0 Å². The van der Waals surface area contributed by atoms with Gasteiger partial charge in [-0.25, -0.2) is 4.98 Å². The van der Waals surface area contributed by atoms with Gasteiger partial charge in [0.1, 0.15) is 5.82 Å². The van der Waals surface area contributed by atoms with E-state index in [1.807, 2.05) is 0 Å². The molecule has 96 valence electrons. The molecule has 1 fully saturated rings. The molecule has 17 heavy (non-hydrogen) atoms. The molecule has 0 atom stereocenters. The number of anilines is 1. The highest BCUT2D eigenvalue weighted by Crippen LogP contribution is 2.40. The normalized spacial score (nSPS) is 15.5. The second-order valence-corrected chi connectivity index (χ2v) is 5.33. The molecule has 0 spiro atoms. The van der Waals surface area contributed by atoms with E-state index in [9.17, 15) is 5.11 Å². The van der Waals surface area contributed by atoms with Crippen molar-refractivity contribution in [1.82, 2.24) is 9.36 Å². The molecule has 0 unspecified atom stereocenters. The fraction of sp³-hybridized carbons (Fsp3) is 0.833. The van der Waals surface area contributed by atoms with E-state index < -0.39 is 0 Å². The van der Waals surface area contributed by atoms with Gasteiger partial charge in [0, 0.05) is 30.0 Å². The van der Waals surface area contributed by atoms with Crippen LogP contribution in [0.3, 0.4) is 0 Å². The zero-order valence-corrected chi connectivity index (χ0v) is 11.4. The van der Waals surface area contributed by atoms with E-state index in [4.69, 9.17) is 0 Å². The van der Waals surface area contributed by atoms with Crippen molar-refractivity contribution < 1.29 is 5.11 Å². The zero-order valence-electron chi connectivity index (χ0n) is 10.6. The molecule has 0 saturated heterocycles. The number of nitrogens with zero attached hydrogens (tertiary/aromatic N) is 3. The highest BCUT2D eigenvalue weighted by molar-refractivity contribution is 7.09.